The first-order valence-corrected chi connectivity index (χ1v) is 5.94. The third kappa shape index (κ3) is 2.16. The van der Waals surface area contributed by atoms with Crippen molar-refractivity contribution in [2.75, 3.05) is 13.1 Å². The molecule has 0 spiro atoms. The number of aromatic nitrogens is 1. The van der Waals surface area contributed by atoms with Gasteiger partial charge in [0.05, 0.1) is 6.04 Å². The molecule has 4 heteroatoms. The lowest BCUT2D eigenvalue weighted by molar-refractivity contribution is 0.100. The molecule has 1 aliphatic rings. The van der Waals surface area contributed by atoms with Crippen molar-refractivity contribution >= 4 is 5.78 Å². The molecule has 1 aromatic rings. The summed E-state index contributed by atoms with van der Waals surface area (Å²) < 4.78 is 5.28. The second-order valence-electron chi connectivity index (χ2n) is 4.31. The highest BCUT2D eigenvalue weighted by molar-refractivity contribution is 5.91. The molecule has 2 rings (SSSR count). The van der Waals surface area contributed by atoms with Crippen LogP contribution >= 0.6 is 0 Å². The quantitative estimate of drug-likeness (QED) is 0.737. The van der Waals surface area contributed by atoms with E-state index < -0.39 is 0 Å². The third-order valence-corrected chi connectivity index (χ3v) is 3.24. The average Bonchev–Trinajstić information content (AvgIpc) is 2.78. The van der Waals surface area contributed by atoms with Crippen LogP contribution in [0.25, 0.3) is 0 Å². The smallest absolute Gasteiger partial charge is 0.181 e. The predicted octanol–water partition coefficient (Wildman–Crippen LogP) is 2.42. The second-order valence-corrected chi connectivity index (χ2v) is 4.31. The van der Waals surface area contributed by atoms with Crippen molar-refractivity contribution in [3.05, 3.63) is 17.5 Å². The van der Waals surface area contributed by atoms with Crippen LogP contribution in [0.1, 0.15) is 55.4 Å². The minimum atomic E-state index is -0.0335. The Hall–Kier alpha value is -1.16. The number of hydrogen-bond donors (Lipinski definition) is 0. The fourth-order valence-corrected chi connectivity index (χ4v) is 2.30. The molecular weight excluding hydrogens is 204 g/mol. The summed E-state index contributed by atoms with van der Waals surface area (Å²) in [6.45, 7) is 5.79. The first kappa shape index (κ1) is 11.3. The molecule has 2 heterocycles. The Balaban J connectivity index is 2.17. The Kier molecular flexibility index (Phi) is 3.39. The summed E-state index contributed by atoms with van der Waals surface area (Å²) in [7, 11) is 0. The standard InChI is InChI=1S/C12H18N2O2/c1-3-14-7-5-4-6-11(14)12-8-10(9(2)15)13-16-12/h8,11H,3-7H2,1-2H3. The summed E-state index contributed by atoms with van der Waals surface area (Å²) in [6, 6.07) is 2.10. The van der Waals surface area contributed by atoms with Crippen LogP contribution in [0.15, 0.2) is 10.6 Å². The first-order chi connectivity index (χ1) is 7.72. The highest BCUT2D eigenvalue weighted by atomic mass is 16.5. The zero-order chi connectivity index (χ0) is 11.5. The number of hydrogen-bond acceptors (Lipinski definition) is 4. The molecule has 1 saturated heterocycles. The van der Waals surface area contributed by atoms with Crippen molar-refractivity contribution < 1.29 is 9.32 Å². The molecule has 1 unspecified atom stereocenters. The van der Waals surface area contributed by atoms with Gasteiger partial charge in [0, 0.05) is 13.0 Å². The van der Waals surface area contributed by atoms with Crippen molar-refractivity contribution in [3.8, 4) is 0 Å². The maximum absolute atomic E-state index is 11.2. The van der Waals surface area contributed by atoms with Gasteiger partial charge in [0.2, 0.25) is 0 Å². The van der Waals surface area contributed by atoms with Gasteiger partial charge in [-0.2, -0.15) is 0 Å². The monoisotopic (exact) mass is 222 g/mol. The van der Waals surface area contributed by atoms with Crippen LogP contribution in [0.4, 0.5) is 0 Å². The van der Waals surface area contributed by atoms with Crippen molar-refractivity contribution in [2.45, 2.75) is 39.2 Å². The van der Waals surface area contributed by atoms with Crippen LogP contribution in [0.3, 0.4) is 0 Å². The lowest BCUT2D eigenvalue weighted by Gasteiger charge is -2.32. The molecule has 0 bridgehead atoms. The Bertz CT molecular complexity index is 373. The SMILES string of the molecule is CCN1CCCCC1c1cc(C(C)=O)no1. The van der Waals surface area contributed by atoms with Crippen LogP contribution in [-0.2, 0) is 0 Å². The van der Waals surface area contributed by atoms with Gasteiger partial charge in [0.15, 0.2) is 11.5 Å². The molecule has 1 aromatic heterocycles. The Morgan fingerprint density at radius 2 is 2.44 bits per heavy atom. The van der Waals surface area contributed by atoms with E-state index in [-0.39, 0.29) is 5.78 Å². The number of piperidine rings is 1. The minimum Gasteiger partial charge on any atom is -0.359 e. The summed E-state index contributed by atoms with van der Waals surface area (Å²) >= 11 is 0. The number of Topliss-reactive ketones (excluding diaryl/α,β-unsaturated/α-hetero) is 1. The van der Waals surface area contributed by atoms with Crippen LogP contribution in [0.2, 0.25) is 0 Å². The van der Waals surface area contributed by atoms with E-state index in [0.29, 0.717) is 11.7 Å². The van der Waals surface area contributed by atoms with Gasteiger partial charge in [-0.15, -0.1) is 0 Å². The highest BCUT2D eigenvalue weighted by Crippen LogP contribution is 2.30. The lowest BCUT2D eigenvalue weighted by atomic mass is 10.00. The fraction of sp³-hybridized carbons (Fsp3) is 0.667. The van der Waals surface area contributed by atoms with Crippen LogP contribution < -0.4 is 0 Å². The molecule has 1 atom stereocenters. The molecular formula is C12H18N2O2. The number of carbonyl (C=O) groups excluding carboxylic acids is 1. The van der Waals surface area contributed by atoms with Gasteiger partial charge in [0.1, 0.15) is 5.69 Å². The molecule has 4 nitrogen and oxygen atoms in total. The molecule has 1 fully saturated rings. The molecule has 1 aliphatic heterocycles. The van der Waals surface area contributed by atoms with Gasteiger partial charge >= 0.3 is 0 Å². The Labute approximate surface area is 95.6 Å². The summed E-state index contributed by atoms with van der Waals surface area (Å²) in [6.07, 6.45) is 3.57. The van der Waals surface area contributed by atoms with Gasteiger partial charge in [-0.3, -0.25) is 9.69 Å². The summed E-state index contributed by atoms with van der Waals surface area (Å²) in [5.41, 5.74) is 0.441. The Morgan fingerprint density at radius 3 is 3.06 bits per heavy atom. The van der Waals surface area contributed by atoms with E-state index in [4.69, 9.17) is 4.52 Å². The van der Waals surface area contributed by atoms with E-state index in [0.717, 1.165) is 25.3 Å². The Morgan fingerprint density at radius 1 is 1.62 bits per heavy atom. The number of likely N-dealkylation sites (tertiary alicyclic amines) is 1. The summed E-state index contributed by atoms with van der Waals surface area (Å²) in [5.74, 6) is 0.806. The first-order valence-electron chi connectivity index (χ1n) is 5.94. The molecule has 88 valence electrons. The largest absolute Gasteiger partial charge is 0.359 e. The van der Waals surface area contributed by atoms with Crippen LogP contribution in [0.5, 0.6) is 0 Å². The van der Waals surface area contributed by atoms with Crippen LogP contribution in [0, 0.1) is 0 Å². The van der Waals surface area contributed by atoms with Gasteiger partial charge in [-0.05, 0) is 25.9 Å². The normalized spacial score (nSPS) is 22.2. The summed E-state index contributed by atoms with van der Waals surface area (Å²) in [4.78, 5) is 13.5. The van der Waals surface area contributed by atoms with Crippen molar-refractivity contribution in [1.82, 2.24) is 10.1 Å². The third-order valence-electron chi connectivity index (χ3n) is 3.24. The molecule has 0 N–H and O–H groups in total. The fourth-order valence-electron chi connectivity index (χ4n) is 2.30. The number of nitrogens with zero attached hydrogens (tertiary/aromatic N) is 2. The number of carbonyl (C=O) groups is 1. The predicted molar refractivity (Wildman–Crippen MR) is 60.3 cm³/mol. The topological polar surface area (TPSA) is 46.3 Å². The molecule has 0 aliphatic carbocycles. The average molecular weight is 222 g/mol. The van der Waals surface area contributed by atoms with Crippen molar-refractivity contribution in [2.24, 2.45) is 0 Å². The van der Waals surface area contributed by atoms with Crippen molar-refractivity contribution in [3.63, 3.8) is 0 Å². The highest BCUT2D eigenvalue weighted by Gasteiger charge is 2.26. The number of rotatable bonds is 3. The van der Waals surface area contributed by atoms with Gasteiger partial charge in [0.25, 0.3) is 0 Å². The van der Waals surface area contributed by atoms with Gasteiger partial charge in [-0.1, -0.05) is 18.5 Å². The van der Waals surface area contributed by atoms with E-state index in [1.165, 1.54) is 19.8 Å². The number of ketones is 1. The van der Waals surface area contributed by atoms with E-state index in [9.17, 15) is 4.79 Å². The molecule has 0 amide bonds. The van der Waals surface area contributed by atoms with E-state index in [1.54, 1.807) is 6.07 Å². The second kappa shape index (κ2) is 4.78. The van der Waals surface area contributed by atoms with Crippen LogP contribution in [-0.4, -0.2) is 28.9 Å². The molecule has 0 saturated carbocycles. The van der Waals surface area contributed by atoms with E-state index in [2.05, 4.69) is 17.0 Å². The van der Waals surface area contributed by atoms with Gasteiger partial charge in [-0.25, -0.2) is 0 Å². The molecule has 0 aromatic carbocycles. The molecule has 16 heavy (non-hydrogen) atoms. The zero-order valence-corrected chi connectivity index (χ0v) is 9.90. The van der Waals surface area contributed by atoms with E-state index in [1.807, 2.05) is 0 Å². The maximum atomic E-state index is 11.2. The van der Waals surface area contributed by atoms with Gasteiger partial charge < -0.3 is 4.52 Å². The lowest BCUT2D eigenvalue weighted by Crippen LogP contribution is -2.32. The summed E-state index contributed by atoms with van der Waals surface area (Å²) in [5, 5.41) is 3.81. The van der Waals surface area contributed by atoms with Crippen molar-refractivity contribution in [1.29, 1.82) is 0 Å². The maximum Gasteiger partial charge on any atom is 0.181 e. The molecule has 0 radical (unpaired) electrons. The van der Waals surface area contributed by atoms with E-state index >= 15 is 0 Å². The zero-order valence-electron chi connectivity index (χ0n) is 9.90. The minimum absolute atomic E-state index is 0.0335.